The summed E-state index contributed by atoms with van der Waals surface area (Å²) in [7, 11) is 1.97. The maximum Gasteiger partial charge on any atom is 0.0370 e. The molecule has 1 aromatic carbocycles. The third-order valence-electron chi connectivity index (χ3n) is 2.23. The van der Waals surface area contributed by atoms with Crippen LogP contribution < -0.4 is 5.32 Å². The van der Waals surface area contributed by atoms with Crippen molar-refractivity contribution >= 4 is 5.69 Å². The number of aryl methyl sites for hydroxylation is 1. The molecule has 0 radical (unpaired) electrons. The highest BCUT2D eigenvalue weighted by Gasteiger charge is 2.00. The Balaban J connectivity index is 2.97. The first-order valence-electron chi connectivity index (χ1n) is 4.55. The van der Waals surface area contributed by atoms with Gasteiger partial charge in [-0.3, -0.25) is 0 Å². The molecule has 12 heavy (non-hydrogen) atoms. The quantitative estimate of drug-likeness (QED) is 0.722. The van der Waals surface area contributed by atoms with E-state index >= 15 is 0 Å². The molecule has 1 nitrogen and oxygen atoms in total. The number of hydrogen-bond donors (Lipinski definition) is 1. The van der Waals surface area contributed by atoms with Crippen LogP contribution in [0.5, 0.6) is 0 Å². The summed E-state index contributed by atoms with van der Waals surface area (Å²) in [6, 6.07) is 6.44. The maximum absolute atomic E-state index is 3.19. The molecule has 0 aliphatic rings. The minimum absolute atomic E-state index is 1.18. The van der Waals surface area contributed by atoms with Crippen LogP contribution in [-0.2, 0) is 6.42 Å². The summed E-state index contributed by atoms with van der Waals surface area (Å²) in [4.78, 5) is 0. The summed E-state index contributed by atoms with van der Waals surface area (Å²) in [5.41, 5.74) is 4.10. The topological polar surface area (TPSA) is 12.0 Å². The first-order chi connectivity index (χ1) is 5.79. The molecule has 0 bridgehead atoms. The van der Waals surface area contributed by atoms with Gasteiger partial charge in [0, 0.05) is 12.7 Å². The fourth-order valence-corrected chi connectivity index (χ4v) is 1.49. The van der Waals surface area contributed by atoms with Gasteiger partial charge >= 0.3 is 0 Å². The third kappa shape index (κ3) is 1.79. The second kappa shape index (κ2) is 4.15. The number of rotatable bonds is 3. The Morgan fingerprint density at radius 1 is 1.33 bits per heavy atom. The second-order valence-electron chi connectivity index (χ2n) is 3.09. The molecule has 1 heteroatoms. The predicted molar refractivity (Wildman–Crippen MR) is 54.7 cm³/mol. The molecule has 0 aliphatic carbocycles. The number of nitrogens with one attached hydrogen (secondary N) is 1. The Morgan fingerprint density at radius 3 is 2.67 bits per heavy atom. The fraction of sp³-hybridized carbons (Fsp3) is 0.455. The second-order valence-corrected chi connectivity index (χ2v) is 3.09. The molecule has 0 fully saturated rings. The predicted octanol–water partition coefficient (Wildman–Crippen LogP) is 2.99. The highest BCUT2D eigenvalue weighted by atomic mass is 14.8. The summed E-state index contributed by atoms with van der Waals surface area (Å²) in [5, 5.41) is 3.19. The highest BCUT2D eigenvalue weighted by Crippen LogP contribution is 2.19. The standard InChI is InChI=1S/C11H17N/c1-4-6-10-7-5-8-11(12-3)9(10)2/h5,7-8,12H,4,6H2,1-3H3. The summed E-state index contributed by atoms with van der Waals surface area (Å²) in [6.07, 6.45) is 2.40. The van der Waals surface area contributed by atoms with Crippen molar-refractivity contribution in [2.75, 3.05) is 12.4 Å². The molecule has 0 saturated heterocycles. The van der Waals surface area contributed by atoms with Gasteiger partial charge < -0.3 is 5.32 Å². The van der Waals surface area contributed by atoms with Gasteiger partial charge in [0.15, 0.2) is 0 Å². The number of hydrogen-bond acceptors (Lipinski definition) is 1. The van der Waals surface area contributed by atoms with E-state index in [1.54, 1.807) is 0 Å². The van der Waals surface area contributed by atoms with E-state index in [4.69, 9.17) is 0 Å². The molecular weight excluding hydrogens is 146 g/mol. The van der Waals surface area contributed by atoms with Crippen LogP contribution in [0.2, 0.25) is 0 Å². The van der Waals surface area contributed by atoms with Gasteiger partial charge in [-0.2, -0.15) is 0 Å². The molecule has 0 atom stereocenters. The van der Waals surface area contributed by atoms with Gasteiger partial charge in [-0.05, 0) is 30.5 Å². The maximum atomic E-state index is 3.19. The summed E-state index contributed by atoms with van der Waals surface area (Å²) in [6.45, 7) is 4.39. The molecule has 1 N–H and O–H groups in total. The molecule has 1 aromatic rings. The molecule has 0 aliphatic heterocycles. The summed E-state index contributed by atoms with van der Waals surface area (Å²) < 4.78 is 0. The molecule has 0 saturated carbocycles. The van der Waals surface area contributed by atoms with Gasteiger partial charge in [0.25, 0.3) is 0 Å². The average Bonchev–Trinajstić information content (AvgIpc) is 2.09. The average molecular weight is 163 g/mol. The largest absolute Gasteiger partial charge is 0.388 e. The van der Waals surface area contributed by atoms with E-state index in [0.29, 0.717) is 0 Å². The van der Waals surface area contributed by atoms with E-state index in [1.165, 1.54) is 29.7 Å². The highest BCUT2D eigenvalue weighted by molar-refractivity contribution is 5.53. The Bertz CT molecular complexity index is 253. The SMILES string of the molecule is CCCc1cccc(NC)c1C. The van der Waals surface area contributed by atoms with E-state index in [2.05, 4.69) is 37.4 Å². The van der Waals surface area contributed by atoms with E-state index in [0.717, 1.165) is 0 Å². The lowest BCUT2D eigenvalue weighted by Gasteiger charge is -2.09. The summed E-state index contributed by atoms with van der Waals surface area (Å²) >= 11 is 0. The molecular formula is C11H17N. The van der Waals surface area contributed by atoms with Crippen molar-refractivity contribution in [3.05, 3.63) is 29.3 Å². The monoisotopic (exact) mass is 163 g/mol. The van der Waals surface area contributed by atoms with Crippen LogP contribution in [0.1, 0.15) is 24.5 Å². The van der Waals surface area contributed by atoms with Crippen LogP contribution in [0.15, 0.2) is 18.2 Å². The third-order valence-corrected chi connectivity index (χ3v) is 2.23. The Kier molecular flexibility index (Phi) is 3.15. The Morgan fingerprint density at radius 2 is 2.08 bits per heavy atom. The van der Waals surface area contributed by atoms with Crippen LogP contribution in [0, 0.1) is 6.92 Å². The normalized spacial score (nSPS) is 9.92. The van der Waals surface area contributed by atoms with Crippen molar-refractivity contribution in [1.29, 1.82) is 0 Å². The number of benzene rings is 1. The van der Waals surface area contributed by atoms with Crippen molar-refractivity contribution in [2.45, 2.75) is 26.7 Å². The van der Waals surface area contributed by atoms with Gasteiger partial charge in [0.05, 0.1) is 0 Å². The Hall–Kier alpha value is -0.980. The van der Waals surface area contributed by atoms with Crippen molar-refractivity contribution in [1.82, 2.24) is 0 Å². The summed E-state index contributed by atoms with van der Waals surface area (Å²) in [5.74, 6) is 0. The zero-order chi connectivity index (χ0) is 8.97. The van der Waals surface area contributed by atoms with E-state index in [1.807, 2.05) is 7.05 Å². The van der Waals surface area contributed by atoms with E-state index in [9.17, 15) is 0 Å². The van der Waals surface area contributed by atoms with Crippen LogP contribution in [0.4, 0.5) is 5.69 Å². The van der Waals surface area contributed by atoms with Crippen LogP contribution in [0.3, 0.4) is 0 Å². The van der Waals surface area contributed by atoms with Crippen molar-refractivity contribution < 1.29 is 0 Å². The van der Waals surface area contributed by atoms with Crippen molar-refractivity contribution in [2.24, 2.45) is 0 Å². The zero-order valence-corrected chi connectivity index (χ0v) is 8.15. The minimum atomic E-state index is 1.18. The van der Waals surface area contributed by atoms with Gasteiger partial charge in [-0.1, -0.05) is 25.5 Å². The lowest BCUT2D eigenvalue weighted by Crippen LogP contribution is -1.95. The fourth-order valence-electron chi connectivity index (χ4n) is 1.49. The van der Waals surface area contributed by atoms with E-state index < -0.39 is 0 Å². The van der Waals surface area contributed by atoms with Crippen LogP contribution >= 0.6 is 0 Å². The first kappa shape index (κ1) is 9.11. The first-order valence-corrected chi connectivity index (χ1v) is 4.55. The lowest BCUT2D eigenvalue weighted by molar-refractivity contribution is 0.913. The minimum Gasteiger partial charge on any atom is -0.388 e. The Labute approximate surface area is 74.8 Å². The molecule has 1 rings (SSSR count). The molecule has 0 aromatic heterocycles. The molecule has 0 amide bonds. The van der Waals surface area contributed by atoms with Crippen LogP contribution in [0.25, 0.3) is 0 Å². The van der Waals surface area contributed by atoms with Gasteiger partial charge in [0.2, 0.25) is 0 Å². The van der Waals surface area contributed by atoms with Gasteiger partial charge in [0.1, 0.15) is 0 Å². The molecule has 0 unspecified atom stereocenters. The van der Waals surface area contributed by atoms with E-state index in [-0.39, 0.29) is 0 Å². The molecule has 66 valence electrons. The lowest BCUT2D eigenvalue weighted by atomic mass is 10.0. The van der Waals surface area contributed by atoms with Gasteiger partial charge in [-0.25, -0.2) is 0 Å². The smallest absolute Gasteiger partial charge is 0.0370 e. The number of anilines is 1. The zero-order valence-electron chi connectivity index (χ0n) is 8.15. The van der Waals surface area contributed by atoms with Crippen molar-refractivity contribution in [3.63, 3.8) is 0 Å². The van der Waals surface area contributed by atoms with Crippen molar-refractivity contribution in [3.8, 4) is 0 Å². The molecule has 0 spiro atoms. The van der Waals surface area contributed by atoms with Gasteiger partial charge in [-0.15, -0.1) is 0 Å². The molecule has 0 heterocycles. The van der Waals surface area contributed by atoms with Crippen LogP contribution in [-0.4, -0.2) is 7.05 Å².